The van der Waals surface area contributed by atoms with Crippen LogP contribution in [0.3, 0.4) is 0 Å². The molecule has 0 amide bonds. The van der Waals surface area contributed by atoms with E-state index in [4.69, 9.17) is 0 Å². The summed E-state index contributed by atoms with van der Waals surface area (Å²) in [5.74, 6) is -0.193. The second kappa shape index (κ2) is 4.97. The SMILES string of the molecule is Fc1ccc(C(I)=CCBr)cc1. The van der Waals surface area contributed by atoms with E-state index in [0.29, 0.717) is 0 Å². The first kappa shape index (κ1) is 10.2. The average molecular weight is 341 g/mol. The van der Waals surface area contributed by atoms with Crippen LogP contribution < -0.4 is 0 Å². The van der Waals surface area contributed by atoms with Crippen molar-refractivity contribution in [2.75, 3.05) is 5.33 Å². The van der Waals surface area contributed by atoms with Crippen molar-refractivity contribution >= 4 is 42.1 Å². The molecule has 0 spiro atoms. The third-order valence-corrected chi connectivity index (χ3v) is 2.76. The molecular weight excluding hydrogens is 334 g/mol. The Kier molecular flexibility index (Phi) is 4.21. The molecule has 1 aromatic carbocycles. The van der Waals surface area contributed by atoms with Gasteiger partial charge in [-0.15, -0.1) is 0 Å². The molecule has 0 aromatic heterocycles. The van der Waals surface area contributed by atoms with Crippen molar-refractivity contribution in [3.8, 4) is 0 Å². The summed E-state index contributed by atoms with van der Waals surface area (Å²) in [6.07, 6.45) is 2.04. The summed E-state index contributed by atoms with van der Waals surface area (Å²) < 4.78 is 13.6. The van der Waals surface area contributed by atoms with Crippen LogP contribution in [0.25, 0.3) is 3.58 Å². The number of benzene rings is 1. The fraction of sp³-hybridized carbons (Fsp3) is 0.111. The van der Waals surface area contributed by atoms with Crippen molar-refractivity contribution in [3.63, 3.8) is 0 Å². The predicted octanol–water partition coefficient (Wildman–Crippen LogP) is 4.00. The van der Waals surface area contributed by atoms with Gasteiger partial charge in [0.1, 0.15) is 5.82 Å². The summed E-state index contributed by atoms with van der Waals surface area (Å²) in [6.45, 7) is 0. The molecule has 0 N–H and O–H groups in total. The molecule has 0 saturated carbocycles. The van der Waals surface area contributed by atoms with Gasteiger partial charge in [-0.2, -0.15) is 0 Å². The number of hydrogen-bond acceptors (Lipinski definition) is 0. The summed E-state index contributed by atoms with van der Waals surface area (Å²) >= 11 is 5.53. The predicted molar refractivity (Wildman–Crippen MR) is 62.2 cm³/mol. The van der Waals surface area contributed by atoms with Crippen LogP contribution in [0.1, 0.15) is 5.56 Å². The normalized spacial score (nSPS) is 11.8. The summed E-state index contributed by atoms with van der Waals surface area (Å²) in [4.78, 5) is 0. The largest absolute Gasteiger partial charge is 0.207 e. The summed E-state index contributed by atoms with van der Waals surface area (Å²) in [5.41, 5.74) is 1.05. The third-order valence-electron chi connectivity index (χ3n) is 1.38. The molecule has 0 saturated heterocycles. The van der Waals surface area contributed by atoms with E-state index < -0.39 is 0 Å². The lowest BCUT2D eigenvalue weighted by Crippen LogP contribution is -1.78. The number of hydrogen-bond donors (Lipinski definition) is 0. The van der Waals surface area contributed by atoms with Crippen LogP contribution in [0.15, 0.2) is 30.3 Å². The highest BCUT2D eigenvalue weighted by Crippen LogP contribution is 2.21. The Morgan fingerprint density at radius 1 is 1.42 bits per heavy atom. The maximum Gasteiger partial charge on any atom is 0.123 e. The Morgan fingerprint density at radius 3 is 2.50 bits per heavy atom. The van der Waals surface area contributed by atoms with Crippen LogP contribution in [-0.4, -0.2) is 5.33 Å². The molecule has 0 fully saturated rings. The minimum atomic E-state index is -0.193. The van der Waals surface area contributed by atoms with Gasteiger partial charge in [0.05, 0.1) is 0 Å². The number of rotatable bonds is 2. The van der Waals surface area contributed by atoms with Crippen LogP contribution in [0.2, 0.25) is 0 Å². The molecule has 0 bridgehead atoms. The lowest BCUT2D eigenvalue weighted by molar-refractivity contribution is 0.628. The van der Waals surface area contributed by atoms with Gasteiger partial charge in [-0.05, 0) is 40.3 Å². The monoisotopic (exact) mass is 340 g/mol. The quantitative estimate of drug-likeness (QED) is 0.564. The Labute approximate surface area is 93.1 Å². The van der Waals surface area contributed by atoms with E-state index >= 15 is 0 Å². The maximum atomic E-state index is 12.5. The highest BCUT2D eigenvalue weighted by Gasteiger charge is 1.95. The van der Waals surface area contributed by atoms with Gasteiger partial charge in [-0.25, -0.2) is 4.39 Å². The Balaban J connectivity index is 2.89. The zero-order chi connectivity index (χ0) is 8.97. The second-order valence-electron chi connectivity index (χ2n) is 2.21. The zero-order valence-corrected chi connectivity index (χ0v) is 9.97. The van der Waals surface area contributed by atoms with Gasteiger partial charge in [0.25, 0.3) is 0 Å². The number of halogens is 3. The molecule has 0 heterocycles. The van der Waals surface area contributed by atoms with Gasteiger partial charge < -0.3 is 0 Å². The molecule has 0 aliphatic rings. The van der Waals surface area contributed by atoms with Crippen LogP contribution in [0.5, 0.6) is 0 Å². The van der Waals surface area contributed by atoms with Gasteiger partial charge in [-0.3, -0.25) is 0 Å². The topological polar surface area (TPSA) is 0 Å². The first-order chi connectivity index (χ1) is 5.74. The van der Waals surface area contributed by atoms with Gasteiger partial charge in [-0.1, -0.05) is 34.1 Å². The van der Waals surface area contributed by atoms with Crippen molar-refractivity contribution in [2.24, 2.45) is 0 Å². The fourth-order valence-electron chi connectivity index (χ4n) is 0.795. The standard InChI is InChI=1S/C9H7BrFI/c10-6-5-9(12)7-1-3-8(11)4-2-7/h1-5H,6H2. The molecular formula is C9H7BrFI. The molecule has 1 rings (SSSR count). The van der Waals surface area contributed by atoms with Crippen LogP contribution in [0, 0.1) is 5.82 Å². The molecule has 64 valence electrons. The molecule has 12 heavy (non-hydrogen) atoms. The summed E-state index contributed by atoms with van der Waals surface area (Å²) in [5, 5.41) is 0.822. The van der Waals surface area contributed by atoms with E-state index in [1.54, 1.807) is 12.1 Å². The average Bonchev–Trinajstić information content (AvgIpc) is 2.06. The van der Waals surface area contributed by atoms with E-state index in [1.165, 1.54) is 12.1 Å². The third kappa shape index (κ3) is 2.86. The Morgan fingerprint density at radius 2 is 2.00 bits per heavy atom. The Hall–Kier alpha value is 0.1000. The molecule has 0 unspecified atom stereocenters. The smallest absolute Gasteiger partial charge is 0.123 e. The van der Waals surface area contributed by atoms with E-state index in [-0.39, 0.29) is 5.82 Å². The number of alkyl halides is 1. The first-order valence-corrected chi connectivity index (χ1v) is 5.61. The summed E-state index contributed by atoms with van der Waals surface area (Å²) in [6, 6.07) is 6.48. The molecule has 0 atom stereocenters. The minimum Gasteiger partial charge on any atom is -0.207 e. The highest BCUT2D eigenvalue weighted by atomic mass is 127. The summed E-state index contributed by atoms with van der Waals surface area (Å²) in [7, 11) is 0. The lowest BCUT2D eigenvalue weighted by Gasteiger charge is -1.97. The van der Waals surface area contributed by atoms with Gasteiger partial charge in [0, 0.05) is 8.91 Å². The molecule has 3 heteroatoms. The minimum absolute atomic E-state index is 0.193. The van der Waals surface area contributed by atoms with Gasteiger partial charge in [0.15, 0.2) is 0 Å². The van der Waals surface area contributed by atoms with E-state index in [0.717, 1.165) is 14.5 Å². The number of allylic oxidation sites excluding steroid dienone is 1. The molecule has 0 aliphatic carbocycles. The van der Waals surface area contributed by atoms with Crippen LogP contribution >= 0.6 is 38.5 Å². The van der Waals surface area contributed by atoms with Crippen LogP contribution in [-0.2, 0) is 0 Å². The van der Waals surface area contributed by atoms with Crippen molar-refractivity contribution < 1.29 is 4.39 Å². The van der Waals surface area contributed by atoms with Gasteiger partial charge >= 0.3 is 0 Å². The second-order valence-corrected chi connectivity index (χ2v) is 4.02. The lowest BCUT2D eigenvalue weighted by atomic mass is 10.2. The molecule has 0 aliphatic heterocycles. The maximum absolute atomic E-state index is 12.5. The molecule has 1 aromatic rings. The molecule has 0 radical (unpaired) electrons. The Bertz CT molecular complexity index is 279. The highest BCUT2D eigenvalue weighted by molar-refractivity contribution is 14.1. The fourth-order valence-corrected chi connectivity index (χ4v) is 2.30. The van der Waals surface area contributed by atoms with Crippen molar-refractivity contribution in [1.29, 1.82) is 0 Å². The van der Waals surface area contributed by atoms with Crippen molar-refractivity contribution in [2.45, 2.75) is 0 Å². The van der Waals surface area contributed by atoms with Crippen LogP contribution in [0.4, 0.5) is 4.39 Å². The van der Waals surface area contributed by atoms with Gasteiger partial charge in [0.2, 0.25) is 0 Å². The van der Waals surface area contributed by atoms with Crippen molar-refractivity contribution in [3.05, 3.63) is 41.7 Å². The van der Waals surface area contributed by atoms with E-state index in [1.807, 2.05) is 6.08 Å². The van der Waals surface area contributed by atoms with E-state index in [9.17, 15) is 4.39 Å². The first-order valence-electron chi connectivity index (χ1n) is 3.41. The van der Waals surface area contributed by atoms with E-state index in [2.05, 4.69) is 38.5 Å². The molecule has 0 nitrogen and oxygen atoms in total. The zero-order valence-electron chi connectivity index (χ0n) is 6.23. The van der Waals surface area contributed by atoms with Crippen molar-refractivity contribution in [1.82, 2.24) is 0 Å².